The van der Waals surface area contributed by atoms with Gasteiger partial charge < -0.3 is 21.7 Å². The maximum absolute atomic E-state index is 9.02. The fourth-order valence-corrected chi connectivity index (χ4v) is 2.36. The fraction of sp³-hybridized carbons (Fsp3) is 1.00. The van der Waals surface area contributed by atoms with E-state index in [1.807, 2.05) is 6.92 Å². The van der Waals surface area contributed by atoms with Gasteiger partial charge in [0.05, 0.1) is 11.8 Å². The minimum atomic E-state index is -2.86. The molecule has 6 heteroatoms. The SMILES string of the molecule is CC(C)CC(C)OP(O)(=S)[S-].[Na+]. The van der Waals surface area contributed by atoms with Crippen molar-refractivity contribution in [1.82, 2.24) is 0 Å². The van der Waals surface area contributed by atoms with E-state index in [0.717, 1.165) is 6.42 Å². The minimum absolute atomic E-state index is 0. The van der Waals surface area contributed by atoms with Crippen LogP contribution in [0.1, 0.15) is 27.2 Å². The summed E-state index contributed by atoms with van der Waals surface area (Å²) in [5, 5.41) is 0. The summed E-state index contributed by atoms with van der Waals surface area (Å²) in [6, 6.07) is 0. The summed E-state index contributed by atoms with van der Waals surface area (Å²) in [4.78, 5) is 9.02. The van der Waals surface area contributed by atoms with E-state index in [2.05, 4.69) is 37.9 Å². The van der Waals surface area contributed by atoms with Gasteiger partial charge in [-0.25, -0.2) is 0 Å². The Morgan fingerprint density at radius 3 is 2.17 bits per heavy atom. The predicted molar refractivity (Wildman–Crippen MR) is 53.9 cm³/mol. The molecule has 0 saturated heterocycles. The average Bonchev–Trinajstić information content (AvgIpc) is 1.53. The summed E-state index contributed by atoms with van der Waals surface area (Å²) >= 11 is 9.15. The molecule has 0 radical (unpaired) electrons. The molecule has 68 valence electrons. The van der Waals surface area contributed by atoms with Gasteiger partial charge in [-0.15, -0.1) is 0 Å². The fourth-order valence-electron chi connectivity index (χ4n) is 0.934. The molecule has 0 fully saturated rings. The zero-order valence-electron chi connectivity index (χ0n) is 7.98. The smallest absolute Gasteiger partial charge is 0.692 e. The molecule has 12 heavy (non-hydrogen) atoms. The van der Waals surface area contributed by atoms with Crippen LogP contribution in [0.2, 0.25) is 0 Å². The molecule has 0 spiro atoms. The first-order valence-electron chi connectivity index (χ1n) is 3.53. The maximum atomic E-state index is 9.02. The van der Waals surface area contributed by atoms with Crippen molar-refractivity contribution in [3.8, 4) is 0 Å². The molecule has 2 atom stereocenters. The van der Waals surface area contributed by atoms with Crippen molar-refractivity contribution >= 4 is 29.7 Å². The normalized spacial score (nSPS) is 18.2. The Hall–Kier alpha value is 1.92. The van der Waals surface area contributed by atoms with Crippen molar-refractivity contribution in [2.45, 2.75) is 33.3 Å². The van der Waals surface area contributed by atoms with Crippen LogP contribution in [0.3, 0.4) is 0 Å². The van der Waals surface area contributed by atoms with E-state index in [4.69, 9.17) is 9.42 Å². The zero-order valence-corrected chi connectivity index (χ0v) is 12.5. The van der Waals surface area contributed by atoms with Crippen LogP contribution in [0.5, 0.6) is 0 Å². The van der Waals surface area contributed by atoms with Gasteiger partial charge in [-0.3, -0.25) is 0 Å². The second kappa shape index (κ2) is 7.24. The summed E-state index contributed by atoms with van der Waals surface area (Å²) in [5.74, 6) is 0.543. The van der Waals surface area contributed by atoms with Crippen LogP contribution in [0.4, 0.5) is 0 Å². The van der Waals surface area contributed by atoms with Gasteiger partial charge in [0.25, 0.3) is 0 Å². The van der Waals surface area contributed by atoms with Crippen LogP contribution in [0.25, 0.3) is 0 Å². The number of rotatable bonds is 4. The van der Waals surface area contributed by atoms with Crippen molar-refractivity contribution in [2.24, 2.45) is 5.92 Å². The Labute approximate surface area is 107 Å². The Morgan fingerprint density at radius 2 is 1.92 bits per heavy atom. The Kier molecular flexibility index (Phi) is 9.87. The topological polar surface area (TPSA) is 29.5 Å². The first-order valence-corrected chi connectivity index (χ1v) is 7.22. The van der Waals surface area contributed by atoms with E-state index < -0.39 is 5.69 Å². The molecule has 1 N–H and O–H groups in total. The standard InChI is InChI=1S/C6H15O2PS2.Na/c1-5(2)4-6(3)8-9(7,10)11;/h5-6H,4H2,1-3H3,(H2,7,10,11);/q;+1/p-1. The van der Waals surface area contributed by atoms with E-state index in [9.17, 15) is 0 Å². The van der Waals surface area contributed by atoms with Crippen LogP contribution in [0, 0.1) is 5.92 Å². The third-order valence-corrected chi connectivity index (χ3v) is 2.26. The molecular formula is C6H14NaO2PS2. The monoisotopic (exact) mass is 236 g/mol. The van der Waals surface area contributed by atoms with Crippen LogP contribution >= 0.6 is 5.69 Å². The van der Waals surface area contributed by atoms with Gasteiger partial charge in [0.1, 0.15) is 0 Å². The van der Waals surface area contributed by atoms with Crippen molar-refractivity contribution in [1.29, 1.82) is 0 Å². The van der Waals surface area contributed by atoms with E-state index in [-0.39, 0.29) is 35.7 Å². The van der Waals surface area contributed by atoms with Gasteiger partial charge in [-0.2, -0.15) is 0 Å². The summed E-state index contributed by atoms with van der Waals surface area (Å²) < 4.78 is 5.04. The molecule has 0 aliphatic rings. The molecule has 2 nitrogen and oxygen atoms in total. The summed E-state index contributed by atoms with van der Waals surface area (Å²) in [7, 11) is 0. The quantitative estimate of drug-likeness (QED) is 0.393. The molecule has 0 aliphatic carbocycles. The van der Waals surface area contributed by atoms with Crippen LogP contribution in [-0.2, 0) is 28.6 Å². The molecule has 0 rings (SSSR count). The van der Waals surface area contributed by atoms with Gasteiger partial charge in [0, 0.05) is 0 Å². The summed E-state index contributed by atoms with van der Waals surface area (Å²) in [6.07, 6.45) is 0.860. The number of hydrogen-bond acceptors (Lipinski definition) is 3. The third kappa shape index (κ3) is 11.9. The molecule has 0 aromatic carbocycles. The second-order valence-corrected chi connectivity index (χ2v) is 7.83. The van der Waals surface area contributed by atoms with E-state index in [1.54, 1.807) is 0 Å². The Bertz CT molecular complexity index is 160. The zero-order chi connectivity index (χ0) is 9.07. The molecule has 0 heterocycles. The number of hydrogen-bond donors (Lipinski definition) is 1. The Morgan fingerprint density at radius 1 is 1.50 bits per heavy atom. The van der Waals surface area contributed by atoms with Gasteiger partial charge in [-0.1, -0.05) is 25.7 Å². The van der Waals surface area contributed by atoms with E-state index >= 15 is 0 Å². The predicted octanol–water partition coefficient (Wildman–Crippen LogP) is -0.795. The van der Waals surface area contributed by atoms with E-state index in [0.29, 0.717) is 5.92 Å². The van der Waals surface area contributed by atoms with Gasteiger partial charge in [0.2, 0.25) is 0 Å². The van der Waals surface area contributed by atoms with Crippen LogP contribution in [-0.4, -0.2) is 11.0 Å². The first-order chi connectivity index (χ1) is 4.81. The molecule has 0 saturated carbocycles. The minimum Gasteiger partial charge on any atom is -0.692 e. The molecule has 0 bridgehead atoms. The summed E-state index contributed by atoms with van der Waals surface area (Å²) in [6.45, 7) is 6.05. The van der Waals surface area contributed by atoms with Crippen molar-refractivity contribution in [2.75, 3.05) is 0 Å². The van der Waals surface area contributed by atoms with Crippen molar-refractivity contribution in [3.05, 3.63) is 0 Å². The molecular weight excluding hydrogens is 222 g/mol. The maximum Gasteiger partial charge on any atom is 1.00 e. The summed E-state index contributed by atoms with van der Waals surface area (Å²) in [5.41, 5.74) is -2.86. The molecule has 0 amide bonds. The molecule has 0 aliphatic heterocycles. The second-order valence-electron chi connectivity index (χ2n) is 3.01. The third-order valence-electron chi connectivity index (χ3n) is 1.12. The van der Waals surface area contributed by atoms with Crippen LogP contribution in [0.15, 0.2) is 0 Å². The van der Waals surface area contributed by atoms with Crippen LogP contribution < -0.4 is 29.6 Å². The first kappa shape index (κ1) is 16.4. The van der Waals surface area contributed by atoms with Gasteiger partial charge >= 0.3 is 29.6 Å². The molecule has 0 aromatic rings. The molecule has 2 unspecified atom stereocenters. The molecule has 0 aromatic heterocycles. The Balaban J connectivity index is 0. The largest absolute Gasteiger partial charge is 1.00 e. The van der Waals surface area contributed by atoms with Crippen molar-refractivity contribution < 1.29 is 39.0 Å². The van der Waals surface area contributed by atoms with Gasteiger partial charge in [-0.05, 0) is 19.3 Å². The average molecular weight is 236 g/mol. The van der Waals surface area contributed by atoms with E-state index in [1.165, 1.54) is 0 Å². The van der Waals surface area contributed by atoms with Gasteiger partial charge in [0.15, 0.2) is 0 Å². The van der Waals surface area contributed by atoms with Crippen molar-refractivity contribution in [3.63, 3.8) is 0 Å².